The Morgan fingerprint density at radius 2 is 2.27 bits per heavy atom. The Balaban J connectivity index is 2.19. The number of hydrogen-bond donors (Lipinski definition) is 0. The van der Waals surface area contributed by atoms with Crippen LogP contribution in [0.25, 0.3) is 0 Å². The molecule has 0 unspecified atom stereocenters. The smallest absolute Gasteiger partial charge is 0.0148 e. The van der Waals surface area contributed by atoms with Crippen LogP contribution in [0.2, 0.25) is 0 Å². The summed E-state index contributed by atoms with van der Waals surface area (Å²) in [5.41, 5.74) is 1.47. The van der Waals surface area contributed by atoms with Crippen molar-refractivity contribution < 1.29 is 0 Å². The fraction of sp³-hybridized carbons (Fsp3) is 0.400. The maximum absolute atomic E-state index is 3.27. The van der Waals surface area contributed by atoms with Crippen LogP contribution in [-0.2, 0) is 0 Å². The van der Waals surface area contributed by atoms with Crippen LogP contribution in [0.5, 0.6) is 0 Å². The standard InChI is InChI=1S/C10H11S/c1-11-10-6-4-9(5-7-10)8-2-3-8/h4-6,8H,2-3H2,1H3. The van der Waals surface area contributed by atoms with Crippen molar-refractivity contribution in [3.63, 3.8) is 0 Å². The second-order valence-electron chi connectivity index (χ2n) is 2.96. The van der Waals surface area contributed by atoms with Crippen molar-refractivity contribution in [2.75, 3.05) is 6.26 Å². The van der Waals surface area contributed by atoms with Gasteiger partial charge in [-0.05, 0) is 48.8 Å². The summed E-state index contributed by atoms with van der Waals surface area (Å²) in [5, 5.41) is 0. The Morgan fingerprint density at radius 1 is 1.45 bits per heavy atom. The topological polar surface area (TPSA) is 0 Å². The van der Waals surface area contributed by atoms with Gasteiger partial charge in [0.1, 0.15) is 0 Å². The van der Waals surface area contributed by atoms with Crippen molar-refractivity contribution >= 4 is 11.8 Å². The highest BCUT2D eigenvalue weighted by molar-refractivity contribution is 7.98. The molecular formula is C10H11S. The molecule has 0 N–H and O–H groups in total. The highest BCUT2D eigenvalue weighted by Gasteiger charge is 2.22. The molecule has 0 atom stereocenters. The molecule has 57 valence electrons. The van der Waals surface area contributed by atoms with Gasteiger partial charge in [-0.3, -0.25) is 0 Å². The first kappa shape index (κ1) is 7.23. The third-order valence-corrected chi connectivity index (χ3v) is 2.77. The van der Waals surface area contributed by atoms with Gasteiger partial charge in [0.25, 0.3) is 0 Å². The molecule has 1 aromatic carbocycles. The average Bonchev–Trinajstić information content (AvgIpc) is 2.87. The molecule has 1 fully saturated rings. The Hall–Kier alpha value is -0.430. The van der Waals surface area contributed by atoms with Crippen LogP contribution in [-0.4, -0.2) is 6.26 Å². The van der Waals surface area contributed by atoms with Gasteiger partial charge in [-0.1, -0.05) is 6.07 Å². The molecule has 0 bridgehead atoms. The fourth-order valence-electron chi connectivity index (χ4n) is 1.22. The lowest BCUT2D eigenvalue weighted by molar-refractivity contribution is 1.12. The predicted molar refractivity (Wildman–Crippen MR) is 49.0 cm³/mol. The van der Waals surface area contributed by atoms with E-state index in [0.717, 1.165) is 5.92 Å². The van der Waals surface area contributed by atoms with E-state index >= 15 is 0 Å². The van der Waals surface area contributed by atoms with Crippen LogP contribution >= 0.6 is 11.8 Å². The van der Waals surface area contributed by atoms with Gasteiger partial charge < -0.3 is 0 Å². The van der Waals surface area contributed by atoms with Gasteiger partial charge in [0, 0.05) is 4.90 Å². The van der Waals surface area contributed by atoms with Crippen molar-refractivity contribution in [2.45, 2.75) is 23.7 Å². The molecule has 1 aliphatic carbocycles. The van der Waals surface area contributed by atoms with E-state index in [9.17, 15) is 0 Å². The van der Waals surface area contributed by atoms with Gasteiger partial charge in [-0.25, -0.2) is 0 Å². The maximum atomic E-state index is 3.27. The molecule has 2 rings (SSSR count). The minimum absolute atomic E-state index is 0.863. The lowest BCUT2D eigenvalue weighted by Gasteiger charge is -1.97. The zero-order valence-electron chi connectivity index (χ0n) is 6.63. The van der Waals surface area contributed by atoms with Gasteiger partial charge in [0.15, 0.2) is 0 Å². The van der Waals surface area contributed by atoms with Crippen molar-refractivity contribution in [2.24, 2.45) is 0 Å². The van der Waals surface area contributed by atoms with Gasteiger partial charge in [-0.2, -0.15) is 0 Å². The van der Waals surface area contributed by atoms with Crippen LogP contribution in [0, 0.1) is 6.07 Å². The lowest BCUT2D eigenvalue weighted by atomic mass is 10.1. The molecule has 1 aromatic rings. The third kappa shape index (κ3) is 1.59. The van der Waals surface area contributed by atoms with Crippen LogP contribution in [0.3, 0.4) is 0 Å². The average molecular weight is 163 g/mol. The molecule has 0 nitrogen and oxygen atoms in total. The number of benzene rings is 1. The number of hydrogen-bond acceptors (Lipinski definition) is 1. The lowest BCUT2D eigenvalue weighted by Crippen LogP contribution is -1.77. The van der Waals surface area contributed by atoms with Crippen LogP contribution < -0.4 is 0 Å². The summed E-state index contributed by atoms with van der Waals surface area (Å²) in [4.78, 5) is 1.24. The molecule has 1 heteroatoms. The molecule has 0 saturated heterocycles. The highest BCUT2D eigenvalue weighted by Crippen LogP contribution is 2.40. The second kappa shape index (κ2) is 2.90. The Labute approximate surface area is 72.0 Å². The number of thioether (sulfide) groups is 1. The van der Waals surface area contributed by atoms with E-state index in [4.69, 9.17) is 0 Å². The van der Waals surface area contributed by atoms with E-state index < -0.39 is 0 Å². The van der Waals surface area contributed by atoms with Crippen LogP contribution in [0.4, 0.5) is 0 Å². The summed E-state index contributed by atoms with van der Waals surface area (Å²) in [6.07, 6.45) is 4.85. The van der Waals surface area contributed by atoms with Crippen molar-refractivity contribution in [3.05, 3.63) is 29.8 Å². The first-order valence-electron chi connectivity index (χ1n) is 3.96. The Kier molecular flexibility index (Phi) is 1.91. The summed E-state index contributed by atoms with van der Waals surface area (Å²) in [7, 11) is 0. The van der Waals surface area contributed by atoms with Gasteiger partial charge >= 0.3 is 0 Å². The fourth-order valence-corrected chi connectivity index (χ4v) is 1.60. The number of rotatable bonds is 2. The first-order chi connectivity index (χ1) is 5.40. The Morgan fingerprint density at radius 3 is 2.73 bits per heavy atom. The Bertz CT molecular complexity index is 234. The predicted octanol–water partition coefficient (Wildman–Crippen LogP) is 3.09. The largest absolute Gasteiger partial charge is 0.129 e. The SMILES string of the molecule is CSc1[c]cc(C2CC2)cc1. The van der Waals surface area contributed by atoms with Crippen molar-refractivity contribution in [1.82, 2.24) is 0 Å². The van der Waals surface area contributed by atoms with E-state index in [1.54, 1.807) is 11.8 Å². The van der Waals surface area contributed by atoms with E-state index in [1.165, 1.54) is 23.3 Å². The zero-order chi connectivity index (χ0) is 7.68. The van der Waals surface area contributed by atoms with Gasteiger partial charge in [0.2, 0.25) is 0 Å². The second-order valence-corrected chi connectivity index (χ2v) is 3.81. The quantitative estimate of drug-likeness (QED) is 0.604. The van der Waals surface area contributed by atoms with E-state index in [2.05, 4.69) is 30.5 Å². The minimum atomic E-state index is 0.863. The third-order valence-electron chi connectivity index (χ3n) is 2.08. The molecule has 0 heterocycles. The molecule has 1 saturated carbocycles. The minimum Gasteiger partial charge on any atom is -0.129 e. The van der Waals surface area contributed by atoms with Crippen LogP contribution in [0.15, 0.2) is 23.1 Å². The van der Waals surface area contributed by atoms with E-state index in [0.29, 0.717) is 0 Å². The van der Waals surface area contributed by atoms with E-state index in [-0.39, 0.29) is 0 Å². The van der Waals surface area contributed by atoms with E-state index in [1.807, 2.05) is 0 Å². The van der Waals surface area contributed by atoms with Gasteiger partial charge in [0.05, 0.1) is 0 Å². The monoisotopic (exact) mass is 163 g/mol. The molecule has 0 amide bonds. The summed E-state index contributed by atoms with van der Waals surface area (Å²) >= 11 is 1.75. The summed E-state index contributed by atoms with van der Waals surface area (Å²) < 4.78 is 0. The molecule has 11 heavy (non-hydrogen) atoms. The zero-order valence-corrected chi connectivity index (χ0v) is 7.45. The van der Waals surface area contributed by atoms with Gasteiger partial charge in [-0.15, -0.1) is 11.8 Å². The summed E-state index contributed by atoms with van der Waals surface area (Å²) in [5.74, 6) is 0.863. The summed E-state index contributed by atoms with van der Waals surface area (Å²) in [6, 6.07) is 9.81. The molecule has 1 aliphatic rings. The molecule has 1 radical (unpaired) electrons. The molecular weight excluding hydrogens is 152 g/mol. The summed E-state index contributed by atoms with van der Waals surface area (Å²) in [6.45, 7) is 0. The normalized spacial score (nSPS) is 16.8. The van der Waals surface area contributed by atoms with Crippen molar-refractivity contribution in [3.8, 4) is 0 Å². The molecule has 0 spiro atoms. The van der Waals surface area contributed by atoms with Crippen LogP contribution in [0.1, 0.15) is 24.3 Å². The van der Waals surface area contributed by atoms with Crippen molar-refractivity contribution in [1.29, 1.82) is 0 Å². The molecule has 0 aliphatic heterocycles. The first-order valence-corrected chi connectivity index (χ1v) is 5.18. The maximum Gasteiger partial charge on any atom is 0.0148 e. The highest BCUT2D eigenvalue weighted by atomic mass is 32.2. The molecule has 0 aromatic heterocycles.